The van der Waals surface area contributed by atoms with Gasteiger partial charge in [-0.25, -0.2) is 9.97 Å². The lowest BCUT2D eigenvalue weighted by Gasteiger charge is -2.25. The van der Waals surface area contributed by atoms with Crippen molar-refractivity contribution in [2.45, 2.75) is 6.42 Å². The number of para-hydroxylation sites is 1. The maximum absolute atomic E-state index is 12.3. The topological polar surface area (TPSA) is 87.5 Å². The molecule has 0 aliphatic heterocycles. The van der Waals surface area contributed by atoms with Crippen molar-refractivity contribution in [2.24, 2.45) is 7.05 Å². The van der Waals surface area contributed by atoms with Gasteiger partial charge in [-0.2, -0.15) is 0 Å². The molecule has 0 aliphatic rings. The number of carbonyl (C=O) groups is 1. The Bertz CT molecular complexity index is 1440. The summed E-state index contributed by atoms with van der Waals surface area (Å²) in [5.41, 5.74) is 5.06. The minimum atomic E-state index is -0.293. The highest BCUT2D eigenvalue weighted by Gasteiger charge is 2.17. The molecule has 4 aromatic rings. The standard InChI is InChI=1S/C29H35N7O2/c1-7-28(37)31-23-17-24(27(38-6)18-26(23)35(4)16-10-15-34(2)3)33-29-30-14-13-22(32-29)21-19-36(5)25-12-9-8-11-20(21)25/h7-9,11-14,17-19H,1,10,15-16H2,2-6H3,(H,31,37)(H,30,32,33). The molecule has 0 aliphatic carbocycles. The minimum Gasteiger partial charge on any atom is -0.494 e. The Morgan fingerprint density at radius 3 is 2.66 bits per heavy atom. The van der Waals surface area contributed by atoms with Crippen LogP contribution in [0.1, 0.15) is 6.42 Å². The summed E-state index contributed by atoms with van der Waals surface area (Å²) in [5, 5.41) is 7.34. The molecule has 2 aromatic carbocycles. The summed E-state index contributed by atoms with van der Waals surface area (Å²) < 4.78 is 7.81. The Morgan fingerprint density at radius 1 is 1.13 bits per heavy atom. The summed E-state index contributed by atoms with van der Waals surface area (Å²) in [5.74, 6) is 0.732. The lowest BCUT2D eigenvalue weighted by atomic mass is 10.1. The Morgan fingerprint density at radius 2 is 1.92 bits per heavy atom. The highest BCUT2D eigenvalue weighted by atomic mass is 16.5. The van der Waals surface area contributed by atoms with Crippen LogP contribution in [0.15, 0.2) is 67.5 Å². The number of aryl methyl sites for hydroxylation is 1. The second-order valence-electron chi connectivity index (χ2n) is 9.40. The molecule has 0 fully saturated rings. The van der Waals surface area contributed by atoms with Crippen LogP contribution in [0, 0.1) is 0 Å². The number of fused-ring (bicyclic) bond motifs is 1. The van der Waals surface area contributed by atoms with E-state index in [1.165, 1.54) is 6.08 Å². The maximum Gasteiger partial charge on any atom is 0.247 e. The molecular formula is C29H35N7O2. The number of aromatic nitrogens is 3. The fourth-order valence-electron chi connectivity index (χ4n) is 4.42. The lowest BCUT2D eigenvalue weighted by molar-refractivity contribution is -0.111. The lowest BCUT2D eigenvalue weighted by Crippen LogP contribution is -2.24. The number of hydrogen-bond acceptors (Lipinski definition) is 7. The van der Waals surface area contributed by atoms with Crippen molar-refractivity contribution in [3.63, 3.8) is 0 Å². The summed E-state index contributed by atoms with van der Waals surface area (Å²) in [4.78, 5) is 25.7. The van der Waals surface area contributed by atoms with Gasteiger partial charge in [0.2, 0.25) is 11.9 Å². The van der Waals surface area contributed by atoms with Gasteiger partial charge in [-0.3, -0.25) is 4.79 Å². The first-order valence-electron chi connectivity index (χ1n) is 12.5. The number of ether oxygens (including phenoxy) is 1. The molecule has 9 nitrogen and oxygen atoms in total. The molecule has 38 heavy (non-hydrogen) atoms. The normalized spacial score (nSPS) is 11.0. The van der Waals surface area contributed by atoms with Crippen LogP contribution in [-0.4, -0.2) is 66.7 Å². The number of nitrogens with zero attached hydrogens (tertiary/aromatic N) is 5. The van der Waals surface area contributed by atoms with Crippen molar-refractivity contribution in [2.75, 3.05) is 56.9 Å². The van der Waals surface area contributed by atoms with E-state index in [2.05, 4.69) is 69.0 Å². The van der Waals surface area contributed by atoms with E-state index in [0.29, 0.717) is 23.1 Å². The van der Waals surface area contributed by atoms with Gasteiger partial charge < -0.3 is 29.7 Å². The highest BCUT2D eigenvalue weighted by Crippen LogP contribution is 2.38. The summed E-state index contributed by atoms with van der Waals surface area (Å²) in [7, 11) is 9.74. The van der Waals surface area contributed by atoms with Crippen molar-refractivity contribution in [1.82, 2.24) is 19.4 Å². The van der Waals surface area contributed by atoms with Crippen LogP contribution in [-0.2, 0) is 11.8 Å². The summed E-state index contributed by atoms with van der Waals surface area (Å²) in [6.45, 7) is 5.36. The van der Waals surface area contributed by atoms with E-state index in [4.69, 9.17) is 9.72 Å². The molecule has 2 heterocycles. The summed E-state index contributed by atoms with van der Waals surface area (Å²) in [6.07, 6.45) is 6.02. The van der Waals surface area contributed by atoms with E-state index in [1.807, 2.05) is 44.4 Å². The number of anilines is 4. The number of carbonyl (C=O) groups excluding carboxylic acids is 1. The third-order valence-electron chi connectivity index (χ3n) is 6.35. The van der Waals surface area contributed by atoms with Gasteiger partial charge in [0.15, 0.2) is 0 Å². The zero-order chi connectivity index (χ0) is 27.2. The Kier molecular flexibility index (Phi) is 8.28. The predicted octanol–water partition coefficient (Wildman–Crippen LogP) is 4.90. The van der Waals surface area contributed by atoms with Gasteiger partial charge in [-0.05, 0) is 51.3 Å². The van der Waals surface area contributed by atoms with Crippen LogP contribution < -0.4 is 20.3 Å². The van der Waals surface area contributed by atoms with Gasteiger partial charge in [0.1, 0.15) is 5.75 Å². The first-order valence-corrected chi connectivity index (χ1v) is 12.5. The number of nitrogens with one attached hydrogen (secondary N) is 2. The molecular weight excluding hydrogens is 478 g/mol. The van der Waals surface area contributed by atoms with Gasteiger partial charge in [-0.15, -0.1) is 0 Å². The largest absolute Gasteiger partial charge is 0.494 e. The van der Waals surface area contributed by atoms with E-state index >= 15 is 0 Å². The first kappa shape index (κ1) is 26.7. The number of benzene rings is 2. The van der Waals surface area contributed by atoms with E-state index in [1.54, 1.807) is 13.3 Å². The molecule has 2 N–H and O–H groups in total. The van der Waals surface area contributed by atoms with Crippen LogP contribution >= 0.6 is 0 Å². The van der Waals surface area contributed by atoms with Crippen LogP contribution in [0.5, 0.6) is 5.75 Å². The molecule has 0 saturated heterocycles. The van der Waals surface area contributed by atoms with E-state index in [0.717, 1.165) is 47.4 Å². The monoisotopic (exact) mass is 513 g/mol. The average Bonchev–Trinajstić information content (AvgIpc) is 3.25. The zero-order valence-corrected chi connectivity index (χ0v) is 22.7. The molecule has 4 rings (SSSR count). The van der Waals surface area contributed by atoms with Crippen molar-refractivity contribution in [3.05, 3.63) is 67.5 Å². The third kappa shape index (κ3) is 5.95. The highest BCUT2D eigenvalue weighted by molar-refractivity contribution is 6.02. The van der Waals surface area contributed by atoms with E-state index in [9.17, 15) is 4.79 Å². The number of amides is 1. The Balaban J connectivity index is 1.68. The molecule has 0 saturated carbocycles. The number of methoxy groups -OCH3 is 1. The van der Waals surface area contributed by atoms with Crippen molar-refractivity contribution < 1.29 is 9.53 Å². The summed E-state index contributed by atoms with van der Waals surface area (Å²) >= 11 is 0. The van der Waals surface area contributed by atoms with Crippen LogP contribution in [0.25, 0.3) is 22.2 Å². The van der Waals surface area contributed by atoms with Crippen LogP contribution in [0.2, 0.25) is 0 Å². The quantitative estimate of drug-likeness (QED) is 0.276. The molecule has 0 radical (unpaired) electrons. The molecule has 0 unspecified atom stereocenters. The van der Waals surface area contributed by atoms with Gasteiger partial charge >= 0.3 is 0 Å². The van der Waals surface area contributed by atoms with Gasteiger partial charge in [0.05, 0.1) is 29.9 Å². The smallest absolute Gasteiger partial charge is 0.247 e. The van der Waals surface area contributed by atoms with Crippen LogP contribution in [0.4, 0.5) is 23.0 Å². The Labute approximate surface area is 223 Å². The molecule has 0 spiro atoms. The van der Waals surface area contributed by atoms with E-state index < -0.39 is 0 Å². The van der Waals surface area contributed by atoms with E-state index in [-0.39, 0.29) is 5.91 Å². The van der Waals surface area contributed by atoms with Crippen LogP contribution in [0.3, 0.4) is 0 Å². The summed E-state index contributed by atoms with van der Waals surface area (Å²) in [6, 6.07) is 13.9. The molecule has 198 valence electrons. The second kappa shape index (κ2) is 11.8. The zero-order valence-electron chi connectivity index (χ0n) is 22.7. The fourth-order valence-corrected chi connectivity index (χ4v) is 4.42. The van der Waals surface area contributed by atoms with Crippen molar-refractivity contribution in [3.8, 4) is 17.0 Å². The maximum atomic E-state index is 12.3. The molecule has 0 atom stereocenters. The van der Waals surface area contributed by atoms with Crippen molar-refractivity contribution >= 4 is 39.8 Å². The second-order valence-corrected chi connectivity index (χ2v) is 9.40. The van der Waals surface area contributed by atoms with Crippen molar-refractivity contribution in [1.29, 1.82) is 0 Å². The minimum absolute atomic E-state index is 0.293. The fraction of sp³-hybridized carbons (Fsp3) is 0.276. The van der Waals surface area contributed by atoms with Gasteiger partial charge in [0, 0.05) is 55.6 Å². The molecule has 9 heteroatoms. The van der Waals surface area contributed by atoms with Gasteiger partial charge in [-0.1, -0.05) is 24.8 Å². The number of hydrogen-bond donors (Lipinski definition) is 2. The molecule has 1 amide bonds. The molecule has 2 aromatic heterocycles. The molecule has 0 bridgehead atoms. The number of rotatable bonds is 11. The first-order chi connectivity index (χ1) is 18.3. The average molecular weight is 514 g/mol. The SMILES string of the molecule is C=CC(=O)Nc1cc(Nc2nccc(-c3cn(C)c4ccccc34)n2)c(OC)cc1N(C)CCCN(C)C. The Hall–Kier alpha value is -4.37. The third-order valence-corrected chi connectivity index (χ3v) is 6.35. The predicted molar refractivity (Wildman–Crippen MR) is 155 cm³/mol. The van der Waals surface area contributed by atoms with Gasteiger partial charge in [0.25, 0.3) is 0 Å².